The predicted molar refractivity (Wildman–Crippen MR) is 81.3 cm³/mol. The van der Waals surface area contributed by atoms with E-state index < -0.39 is 10.0 Å². The second-order valence-electron chi connectivity index (χ2n) is 5.42. The number of benzene rings is 1. The Hall–Kier alpha value is -0.910. The van der Waals surface area contributed by atoms with E-state index in [1.165, 1.54) is 25.7 Å². The van der Waals surface area contributed by atoms with Gasteiger partial charge >= 0.3 is 0 Å². The molecule has 4 nitrogen and oxygen atoms in total. The van der Waals surface area contributed by atoms with E-state index >= 15 is 0 Å². The van der Waals surface area contributed by atoms with Crippen molar-refractivity contribution in [1.29, 1.82) is 0 Å². The molecule has 0 atom stereocenters. The fraction of sp³-hybridized carbons (Fsp3) is 0.600. The zero-order chi connectivity index (χ0) is 14.4. The second kappa shape index (κ2) is 7.20. The molecule has 5 heteroatoms. The van der Waals surface area contributed by atoms with Crippen LogP contribution in [0.1, 0.15) is 31.2 Å². The van der Waals surface area contributed by atoms with E-state index in [1.54, 1.807) is 12.1 Å². The molecule has 0 unspecified atom stereocenters. The van der Waals surface area contributed by atoms with Crippen LogP contribution in [0, 0.1) is 6.92 Å². The molecule has 112 valence electrons. The van der Waals surface area contributed by atoms with Gasteiger partial charge in [-0.25, -0.2) is 13.1 Å². The van der Waals surface area contributed by atoms with Gasteiger partial charge in [0.2, 0.25) is 10.0 Å². The van der Waals surface area contributed by atoms with Crippen molar-refractivity contribution in [2.75, 3.05) is 26.2 Å². The van der Waals surface area contributed by atoms with Crippen molar-refractivity contribution in [2.24, 2.45) is 0 Å². The summed E-state index contributed by atoms with van der Waals surface area (Å²) in [7, 11) is -3.38. The Morgan fingerprint density at radius 1 is 1.10 bits per heavy atom. The van der Waals surface area contributed by atoms with Gasteiger partial charge < -0.3 is 4.90 Å². The smallest absolute Gasteiger partial charge is 0.240 e. The van der Waals surface area contributed by atoms with E-state index in [-0.39, 0.29) is 0 Å². The van der Waals surface area contributed by atoms with E-state index in [0.717, 1.165) is 25.2 Å². The fourth-order valence-corrected chi connectivity index (χ4v) is 3.90. The lowest BCUT2D eigenvalue weighted by Gasteiger charge is -2.19. The van der Waals surface area contributed by atoms with Crippen LogP contribution in [0.2, 0.25) is 0 Å². The molecule has 1 fully saturated rings. The maximum Gasteiger partial charge on any atom is 0.240 e. The van der Waals surface area contributed by atoms with E-state index in [0.29, 0.717) is 11.4 Å². The molecule has 1 heterocycles. The number of rotatable bonds is 5. The number of hydrogen-bond acceptors (Lipinski definition) is 3. The average molecular weight is 296 g/mol. The van der Waals surface area contributed by atoms with Gasteiger partial charge in [-0.2, -0.15) is 0 Å². The second-order valence-corrected chi connectivity index (χ2v) is 7.15. The highest BCUT2D eigenvalue weighted by atomic mass is 32.2. The van der Waals surface area contributed by atoms with E-state index in [9.17, 15) is 8.42 Å². The fourth-order valence-electron chi connectivity index (χ4n) is 2.63. The molecule has 0 saturated carbocycles. The minimum absolute atomic E-state index is 0.385. The maximum absolute atomic E-state index is 12.2. The topological polar surface area (TPSA) is 49.4 Å². The first-order chi connectivity index (χ1) is 9.59. The lowest BCUT2D eigenvalue weighted by Crippen LogP contribution is -2.35. The number of likely N-dealkylation sites (tertiary alicyclic amines) is 1. The van der Waals surface area contributed by atoms with Crippen LogP contribution in [0.3, 0.4) is 0 Å². The van der Waals surface area contributed by atoms with Crippen LogP contribution in [-0.4, -0.2) is 39.5 Å². The molecule has 2 rings (SSSR count). The van der Waals surface area contributed by atoms with Crippen LogP contribution in [-0.2, 0) is 10.0 Å². The highest BCUT2D eigenvalue weighted by Gasteiger charge is 2.16. The van der Waals surface area contributed by atoms with Gasteiger partial charge in [0.25, 0.3) is 0 Å². The molecule has 0 amide bonds. The zero-order valence-corrected chi connectivity index (χ0v) is 13.0. The molecule has 0 aliphatic carbocycles. The van der Waals surface area contributed by atoms with Crippen molar-refractivity contribution in [1.82, 2.24) is 9.62 Å². The van der Waals surface area contributed by atoms with E-state index in [1.807, 2.05) is 19.1 Å². The van der Waals surface area contributed by atoms with Gasteiger partial charge in [-0.15, -0.1) is 0 Å². The molecule has 1 saturated heterocycles. The van der Waals surface area contributed by atoms with Crippen molar-refractivity contribution < 1.29 is 8.42 Å². The van der Waals surface area contributed by atoms with Crippen molar-refractivity contribution in [2.45, 2.75) is 37.5 Å². The molecule has 1 N–H and O–H groups in total. The number of nitrogens with one attached hydrogen (secondary N) is 1. The van der Waals surface area contributed by atoms with Crippen molar-refractivity contribution in [3.05, 3.63) is 29.8 Å². The highest BCUT2D eigenvalue weighted by molar-refractivity contribution is 7.89. The molecular formula is C15H24N2O2S. The predicted octanol–water partition coefficient (Wildman–Crippen LogP) is 2.15. The average Bonchev–Trinajstić information content (AvgIpc) is 2.67. The molecule has 0 bridgehead atoms. The highest BCUT2D eigenvalue weighted by Crippen LogP contribution is 2.13. The van der Waals surface area contributed by atoms with Gasteiger partial charge in [0.1, 0.15) is 0 Å². The van der Waals surface area contributed by atoms with Crippen molar-refractivity contribution >= 4 is 10.0 Å². The first-order valence-corrected chi connectivity index (χ1v) is 8.85. The molecule has 1 aliphatic rings. The molecule has 1 aromatic rings. The summed E-state index contributed by atoms with van der Waals surface area (Å²) < 4.78 is 27.2. The summed E-state index contributed by atoms with van der Waals surface area (Å²) in [5.41, 5.74) is 0.787. The number of aryl methyl sites for hydroxylation is 1. The SMILES string of the molecule is Cc1ccccc1S(=O)(=O)NCCN1CCCCCC1. The summed E-state index contributed by atoms with van der Waals surface area (Å²) in [5.74, 6) is 0. The summed E-state index contributed by atoms with van der Waals surface area (Å²) in [4.78, 5) is 2.74. The minimum atomic E-state index is -3.38. The third-order valence-electron chi connectivity index (χ3n) is 3.80. The first-order valence-electron chi connectivity index (χ1n) is 7.37. The number of nitrogens with zero attached hydrogens (tertiary/aromatic N) is 1. The normalized spacial score (nSPS) is 17.9. The molecular weight excluding hydrogens is 272 g/mol. The van der Waals surface area contributed by atoms with Crippen LogP contribution in [0.5, 0.6) is 0 Å². The van der Waals surface area contributed by atoms with Gasteiger partial charge in [-0.1, -0.05) is 31.0 Å². The van der Waals surface area contributed by atoms with Gasteiger partial charge in [0, 0.05) is 13.1 Å². The third kappa shape index (κ3) is 4.30. The summed E-state index contributed by atoms with van der Waals surface area (Å²) in [5, 5.41) is 0. The number of hydrogen-bond donors (Lipinski definition) is 1. The zero-order valence-electron chi connectivity index (χ0n) is 12.1. The Kier molecular flexibility index (Phi) is 5.57. The van der Waals surface area contributed by atoms with Crippen LogP contribution in [0.4, 0.5) is 0 Å². The van der Waals surface area contributed by atoms with Gasteiger partial charge in [0.15, 0.2) is 0 Å². The van der Waals surface area contributed by atoms with E-state index in [4.69, 9.17) is 0 Å². The monoisotopic (exact) mass is 296 g/mol. The first kappa shape index (κ1) is 15.5. The lowest BCUT2D eigenvalue weighted by atomic mass is 10.2. The van der Waals surface area contributed by atoms with Crippen LogP contribution in [0.25, 0.3) is 0 Å². The van der Waals surface area contributed by atoms with Crippen LogP contribution in [0.15, 0.2) is 29.2 Å². The minimum Gasteiger partial charge on any atom is -0.302 e. The Morgan fingerprint density at radius 3 is 2.40 bits per heavy atom. The Labute approximate surface area is 122 Å². The summed E-state index contributed by atoms with van der Waals surface area (Å²) in [6.07, 6.45) is 5.05. The third-order valence-corrected chi connectivity index (χ3v) is 5.42. The molecule has 0 spiro atoms. The largest absolute Gasteiger partial charge is 0.302 e. The van der Waals surface area contributed by atoms with Gasteiger partial charge in [-0.3, -0.25) is 0 Å². The van der Waals surface area contributed by atoms with Crippen molar-refractivity contribution in [3.8, 4) is 0 Å². The lowest BCUT2D eigenvalue weighted by molar-refractivity contribution is 0.290. The quantitative estimate of drug-likeness (QED) is 0.906. The number of sulfonamides is 1. The maximum atomic E-state index is 12.2. The van der Waals surface area contributed by atoms with Gasteiger partial charge in [-0.05, 0) is 44.5 Å². The summed E-state index contributed by atoms with van der Waals surface area (Å²) in [6.45, 7) is 5.28. The molecule has 1 aliphatic heterocycles. The van der Waals surface area contributed by atoms with Crippen LogP contribution < -0.4 is 4.72 Å². The standard InChI is InChI=1S/C15H24N2O2S/c1-14-8-4-5-9-15(14)20(18,19)16-10-13-17-11-6-2-3-7-12-17/h4-5,8-9,16H,2-3,6-7,10-13H2,1H3. The molecule has 0 radical (unpaired) electrons. The van der Waals surface area contributed by atoms with E-state index in [2.05, 4.69) is 9.62 Å². The van der Waals surface area contributed by atoms with Crippen LogP contribution >= 0.6 is 0 Å². The van der Waals surface area contributed by atoms with Crippen molar-refractivity contribution in [3.63, 3.8) is 0 Å². The van der Waals surface area contributed by atoms with Gasteiger partial charge in [0.05, 0.1) is 4.90 Å². The molecule has 0 aromatic heterocycles. The Bertz CT molecular complexity index is 520. The molecule has 1 aromatic carbocycles. The summed E-state index contributed by atoms with van der Waals surface area (Å²) >= 11 is 0. The Morgan fingerprint density at radius 2 is 1.75 bits per heavy atom. The Balaban J connectivity index is 1.88. The summed E-state index contributed by atoms with van der Waals surface area (Å²) in [6, 6.07) is 7.09. The molecule has 20 heavy (non-hydrogen) atoms.